The number of rotatable bonds is 7. The number of alkyl halides is 3. The molecular weight excluding hydrogens is 610 g/mol. The molecule has 43 heavy (non-hydrogen) atoms. The molecule has 220 valence electrons. The number of anilines is 2. The van der Waals surface area contributed by atoms with E-state index in [-0.39, 0.29) is 17.1 Å². The molecule has 0 aliphatic rings. The van der Waals surface area contributed by atoms with Gasteiger partial charge in [-0.15, -0.1) is 0 Å². The Kier molecular flexibility index (Phi) is 9.86. The van der Waals surface area contributed by atoms with E-state index in [1.54, 1.807) is 24.3 Å². The van der Waals surface area contributed by atoms with Gasteiger partial charge in [0.15, 0.2) is 0 Å². The van der Waals surface area contributed by atoms with Gasteiger partial charge in [-0.05, 0) is 72.3 Å². The summed E-state index contributed by atoms with van der Waals surface area (Å²) in [4.78, 5) is 40.7. The average Bonchev–Trinajstić information content (AvgIpc) is 2.96. The number of benzene rings is 3. The Bertz CT molecular complexity index is 1680. The first kappa shape index (κ1) is 30.9. The van der Waals surface area contributed by atoms with Gasteiger partial charge < -0.3 is 15.4 Å². The zero-order valence-corrected chi connectivity index (χ0v) is 23.2. The van der Waals surface area contributed by atoms with Crippen molar-refractivity contribution in [3.63, 3.8) is 0 Å². The smallest absolute Gasteiger partial charge is 0.417 e. The molecule has 0 unspecified atom stereocenters. The summed E-state index contributed by atoms with van der Waals surface area (Å²) in [6.45, 7) is 0. The van der Waals surface area contributed by atoms with Crippen molar-refractivity contribution in [1.82, 2.24) is 15.8 Å². The van der Waals surface area contributed by atoms with Gasteiger partial charge in [0.25, 0.3) is 11.8 Å². The van der Waals surface area contributed by atoms with Crippen molar-refractivity contribution >= 4 is 58.5 Å². The molecule has 0 aliphatic heterocycles. The van der Waals surface area contributed by atoms with Crippen molar-refractivity contribution in [2.24, 2.45) is 0 Å². The highest BCUT2D eigenvalue weighted by atomic mass is 35.5. The fraction of sp³-hybridized carbons (Fsp3) is 0.0345. The van der Waals surface area contributed by atoms with Crippen LogP contribution in [0.25, 0.3) is 6.08 Å². The van der Waals surface area contributed by atoms with Crippen LogP contribution in [0.4, 0.5) is 29.3 Å². The van der Waals surface area contributed by atoms with Gasteiger partial charge in [-0.3, -0.25) is 25.4 Å². The number of carbonyl (C=O) groups is 3. The number of hydrazine groups is 1. The SMILES string of the molecule is O=C(/C=C/c1cccc(Cl)c1)NNC(=O)c1cc(Oc2ccc(NC(=O)Nc3ccc(Cl)c(C(F)(F)F)c3)cc2)ccn1. The Balaban J connectivity index is 1.29. The summed E-state index contributed by atoms with van der Waals surface area (Å²) in [6.07, 6.45) is -0.582. The summed E-state index contributed by atoms with van der Waals surface area (Å²) in [5.41, 5.74) is 4.32. The van der Waals surface area contributed by atoms with Gasteiger partial charge >= 0.3 is 12.2 Å². The van der Waals surface area contributed by atoms with Crippen molar-refractivity contribution in [1.29, 1.82) is 0 Å². The molecule has 1 aromatic heterocycles. The number of carbonyl (C=O) groups excluding carboxylic acids is 3. The van der Waals surface area contributed by atoms with Crippen LogP contribution in [0.1, 0.15) is 21.6 Å². The zero-order chi connectivity index (χ0) is 31.0. The highest BCUT2D eigenvalue weighted by molar-refractivity contribution is 6.31. The molecule has 4 rings (SSSR count). The molecule has 0 saturated heterocycles. The molecule has 0 fully saturated rings. The van der Waals surface area contributed by atoms with Gasteiger partial charge in [0, 0.05) is 34.7 Å². The molecule has 1 heterocycles. The molecule has 0 radical (unpaired) electrons. The minimum absolute atomic E-state index is 0.0394. The van der Waals surface area contributed by atoms with Crippen molar-refractivity contribution in [3.05, 3.63) is 118 Å². The monoisotopic (exact) mass is 629 g/mol. The van der Waals surface area contributed by atoms with Crippen molar-refractivity contribution in [2.75, 3.05) is 10.6 Å². The summed E-state index contributed by atoms with van der Waals surface area (Å²) in [5.74, 6) is -0.671. The Morgan fingerprint density at radius 2 is 1.53 bits per heavy atom. The lowest BCUT2D eigenvalue weighted by Gasteiger charge is -2.12. The first-order valence-corrected chi connectivity index (χ1v) is 12.9. The van der Waals surface area contributed by atoms with E-state index in [0.717, 1.165) is 12.1 Å². The van der Waals surface area contributed by atoms with Crippen LogP contribution in [0.3, 0.4) is 0 Å². The van der Waals surface area contributed by atoms with Crippen LogP contribution < -0.4 is 26.2 Å². The minimum Gasteiger partial charge on any atom is -0.457 e. The van der Waals surface area contributed by atoms with Crippen molar-refractivity contribution < 1.29 is 32.3 Å². The molecule has 0 aliphatic carbocycles. The van der Waals surface area contributed by atoms with Gasteiger partial charge in [-0.25, -0.2) is 4.79 Å². The van der Waals surface area contributed by atoms with Crippen LogP contribution in [0.15, 0.2) is 91.1 Å². The molecule has 0 saturated carbocycles. The fourth-order valence-corrected chi connectivity index (χ4v) is 3.88. The summed E-state index contributed by atoms with van der Waals surface area (Å²) < 4.78 is 44.9. The second-order valence-electron chi connectivity index (χ2n) is 8.61. The number of halogens is 5. The molecule has 4 N–H and O–H groups in total. The molecular formula is C29H20Cl2F3N5O4. The van der Waals surface area contributed by atoms with Gasteiger partial charge in [-0.2, -0.15) is 13.2 Å². The zero-order valence-electron chi connectivity index (χ0n) is 21.7. The number of nitrogens with zero attached hydrogens (tertiary/aromatic N) is 1. The van der Waals surface area contributed by atoms with E-state index in [1.165, 1.54) is 60.8 Å². The average molecular weight is 630 g/mol. The van der Waals surface area contributed by atoms with Gasteiger partial charge in [-0.1, -0.05) is 35.3 Å². The molecule has 4 aromatic rings. The maximum atomic E-state index is 13.0. The van der Waals surface area contributed by atoms with E-state index in [1.807, 2.05) is 0 Å². The van der Waals surface area contributed by atoms with E-state index < -0.39 is 34.6 Å². The van der Waals surface area contributed by atoms with Gasteiger partial charge in [0.05, 0.1) is 10.6 Å². The number of urea groups is 1. The predicted octanol–water partition coefficient (Wildman–Crippen LogP) is 7.32. The van der Waals surface area contributed by atoms with E-state index >= 15 is 0 Å². The molecule has 14 heteroatoms. The van der Waals surface area contributed by atoms with E-state index in [9.17, 15) is 27.6 Å². The van der Waals surface area contributed by atoms with Crippen LogP contribution >= 0.6 is 23.2 Å². The first-order chi connectivity index (χ1) is 20.5. The first-order valence-electron chi connectivity index (χ1n) is 12.2. The predicted molar refractivity (Wildman–Crippen MR) is 156 cm³/mol. The lowest BCUT2D eigenvalue weighted by molar-refractivity contribution is -0.137. The summed E-state index contributed by atoms with van der Waals surface area (Å²) in [5, 5.41) is 4.84. The van der Waals surface area contributed by atoms with E-state index in [0.29, 0.717) is 22.0 Å². The Morgan fingerprint density at radius 1 is 0.814 bits per heavy atom. The quantitative estimate of drug-likeness (QED) is 0.126. The van der Waals surface area contributed by atoms with Crippen molar-refractivity contribution in [2.45, 2.75) is 6.18 Å². The highest BCUT2D eigenvalue weighted by Crippen LogP contribution is 2.36. The number of hydrogen-bond acceptors (Lipinski definition) is 5. The lowest BCUT2D eigenvalue weighted by Crippen LogP contribution is -2.41. The van der Waals surface area contributed by atoms with E-state index in [4.69, 9.17) is 27.9 Å². The molecule has 9 nitrogen and oxygen atoms in total. The van der Waals surface area contributed by atoms with Crippen molar-refractivity contribution in [3.8, 4) is 11.5 Å². The van der Waals surface area contributed by atoms with Crippen LogP contribution in [-0.4, -0.2) is 22.8 Å². The topological polar surface area (TPSA) is 121 Å². The summed E-state index contributed by atoms with van der Waals surface area (Å²) >= 11 is 11.5. The van der Waals surface area contributed by atoms with Gasteiger partial charge in [0.1, 0.15) is 17.2 Å². The fourth-order valence-electron chi connectivity index (χ4n) is 3.46. The number of ether oxygens (including phenoxy) is 1. The maximum Gasteiger partial charge on any atom is 0.417 e. The summed E-state index contributed by atoms with van der Waals surface area (Å²) in [6, 6.07) is 18.0. The van der Waals surface area contributed by atoms with Crippen LogP contribution in [0.2, 0.25) is 10.0 Å². The number of nitrogens with one attached hydrogen (secondary N) is 4. The molecule has 4 amide bonds. The second kappa shape index (κ2) is 13.7. The lowest BCUT2D eigenvalue weighted by atomic mass is 10.2. The summed E-state index contributed by atoms with van der Waals surface area (Å²) in [7, 11) is 0. The Hall–Kier alpha value is -5.07. The number of amides is 4. The minimum atomic E-state index is -4.67. The highest BCUT2D eigenvalue weighted by Gasteiger charge is 2.33. The third kappa shape index (κ3) is 9.21. The number of pyridine rings is 1. The van der Waals surface area contributed by atoms with Crippen LogP contribution in [-0.2, 0) is 11.0 Å². The van der Waals surface area contributed by atoms with Gasteiger partial charge in [0.2, 0.25) is 0 Å². The Morgan fingerprint density at radius 3 is 2.26 bits per heavy atom. The molecule has 0 spiro atoms. The third-order valence-corrected chi connectivity index (χ3v) is 5.98. The molecule has 0 atom stereocenters. The number of aromatic nitrogens is 1. The van der Waals surface area contributed by atoms with Crippen LogP contribution in [0, 0.1) is 0 Å². The van der Waals surface area contributed by atoms with Crippen LogP contribution in [0.5, 0.6) is 11.5 Å². The van der Waals surface area contributed by atoms with E-state index in [2.05, 4.69) is 26.5 Å². The third-order valence-electron chi connectivity index (χ3n) is 5.42. The number of hydrogen-bond donors (Lipinski definition) is 4. The maximum absolute atomic E-state index is 13.0. The standard InChI is InChI=1S/C29H20Cl2F3N5O4/c30-18-3-1-2-17(14-18)4-11-26(40)38-39-27(41)25-16-22(12-13-35-25)43-21-8-5-19(6-9-21)36-28(42)37-20-7-10-24(31)23(15-20)29(32,33)34/h1-16H,(H,38,40)(H,39,41)(H2,36,37,42)/b11-4+. The second-order valence-corrected chi connectivity index (χ2v) is 9.45. The molecule has 0 bridgehead atoms. The largest absolute Gasteiger partial charge is 0.457 e. The Labute approximate surface area is 252 Å². The normalized spacial score (nSPS) is 11.1. The molecule has 3 aromatic carbocycles.